The van der Waals surface area contributed by atoms with Crippen molar-refractivity contribution in [3.05, 3.63) is 48.4 Å². The monoisotopic (exact) mass is 285 g/mol. The highest BCUT2D eigenvalue weighted by Gasteiger charge is 2.25. The zero-order chi connectivity index (χ0) is 14.7. The molecule has 1 saturated heterocycles. The van der Waals surface area contributed by atoms with E-state index in [4.69, 9.17) is 9.84 Å². The molecule has 2 aromatic rings. The number of aromatic carboxylic acids is 1. The summed E-state index contributed by atoms with van der Waals surface area (Å²) in [5.74, 6) is 0.459. The Bertz CT molecular complexity index is 633. The van der Waals surface area contributed by atoms with Crippen LogP contribution in [0.4, 0.5) is 5.82 Å². The number of anilines is 1. The van der Waals surface area contributed by atoms with E-state index in [0.717, 1.165) is 18.7 Å². The van der Waals surface area contributed by atoms with Gasteiger partial charge in [-0.3, -0.25) is 4.98 Å². The number of hydrogen-bond acceptors (Lipinski definition) is 5. The molecule has 1 atom stereocenters. The average Bonchev–Trinajstić information content (AvgIpc) is 2.97. The molecular weight excluding hydrogens is 270 g/mol. The molecule has 1 unspecified atom stereocenters. The maximum Gasteiger partial charge on any atom is 0.354 e. The van der Waals surface area contributed by atoms with Gasteiger partial charge in [0.25, 0.3) is 0 Å². The van der Waals surface area contributed by atoms with Crippen LogP contribution in [0.3, 0.4) is 0 Å². The van der Waals surface area contributed by atoms with E-state index in [9.17, 15) is 4.79 Å². The topological polar surface area (TPSA) is 75.5 Å². The van der Waals surface area contributed by atoms with Crippen LogP contribution in [0.1, 0.15) is 16.9 Å². The summed E-state index contributed by atoms with van der Waals surface area (Å²) in [6.07, 6.45) is 4.34. The Hall–Kier alpha value is -2.63. The SMILES string of the molecule is O=C(O)c1cccc(N2CCC(Oc3ccncc3)C2)n1. The van der Waals surface area contributed by atoms with Gasteiger partial charge < -0.3 is 14.7 Å². The zero-order valence-corrected chi connectivity index (χ0v) is 11.3. The fraction of sp³-hybridized carbons (Fsp3) is 0.267. The molecule has 1 N–H and O–H groups in total. The van der Waals surface area contributed by atoms with Gasteiger partial charge in [-0.15, -0.1) is 0 Å². The number of pyridine rings is 2. The van der Waals surface area contributed by atoms with Gasteiger partial charge >= 0.3 is 5.97 Å². The van der Waals surface area contributed by atoms with Crippen molar-refractivity contribution < 1.29 is 14.6 Å². The highest BCUT2D eigenvalue weighted by Crippen LogP contribution is 2.22. The lowest BCUT2D eigenvalue weighted by Crippen LogP contribution is -2.25. The summed E-state index contributed by atoms with van der Waals surface area (Å²) in [4.78, 5) is 21.1. The first-order valence-electron chi connectivity index (χ1n) is 6.74. The number of hydrogen-bond donors (Lipinski definition) is 1. The molecule has 0 saturated carbocycles. The Morgan fingerprint density at radius 3 is 2.86 bits per heavy atom. The first-order chi connectivity index (χ1) is 10.2. The lowest BCUT2D eigenvalue weighted by atomic mass is 10.3. The van der Waals surface area contributed by atoms with Crippen molar-refractivity contribution in [3.63, 3.8) is 0 Å². The predicted octanol–water partition coefficient (Wildman–Crippen LogP) is 1.83. The summed E-state index contributed by atoms with van der Waals surface area (Å²) in [6.45, 7) is 1.49. The smallest absolute Gasteiger partial charge is 0.354 e. The molecule has 21 heavy (non-hydrogen) atoms. The number of aromatic nitrogens is 2. The lowest BCUT2D eigenvalue weighted by Gasteiger charge is -2.18. The molecule has 6 heteroatoms. The fourth-order valence-corrected chi connectivity index (χ4v) is 2.36. The van der Waals surface area contributed by atoms with Crippen LogP contribution < -0.4 is 9.64 Å². The van der Waals surface area contributed by atoms with Gasteiger partial charge in [-0.1, -0.05) is 6.07 Å². The third kappa shape index (κ3) is 3.10. The van der Waals surface area contributed by atoms with Crippen LogP contribution in [-0.4, -0.2) is 40.2 Å². The van der Waals surface area contributed by atoms with Crippen LogP contribution in [0, 0.1) is 0 Å². The minimum Gasteiger partial charge on any atom is -0.488 e. The van der Waals surface area contributed by atoms with E-state index in [2.05, 4.69) is 9.97 Å². The quantitative estimate of drug-likeness (QED) is 0.923. The van der Waals surface area contributed by atoms with Gasteiger partial charge in [-0.2, -0.15) is 0 Å². The molecule has 2 aromatic heterocycles. The third-order valence-corrected chi connectivity index (χ3v) is 3.38. The fourth-order valence-electron chi connectivity index (χ4n) is 2.36. The molecule has 0 aromatic carbocycles. The second kappa shape index (κ2) is 5.78. The van der Waals surface area contributed by atoms with Gasteiger partial charge in [-0.25, -0.2) is 9.78 Å². The zero-order valence-electron chi connectivity index (χ0n) is 11.3. The predicted molar refractivity (Wildman–Crippen MR) is 76.7 cm³/mol. The van der Waals surface area contributed by atoms with E-state index in [-0.39, 0.29) is 11.8 Å². The standard InChI is InChI=1S/C15H15N3O3/c19-15(20)13-2-1-3-14(17-13)18-9-6-12(10-18)21-11-4-7-16-8-5-11/h1-5,7-8,12H,6,9-10H2,(H,19,20). The van der Waals surface area contributed by atoms with Gasteiger partial charge in [-0.05, 0) is 24.3 Å². The summed E-state index contributed by atoms with van der Waals surface area (Å²) in [5, 5.41) is 8.99. The maximum absolute atomic E-state index is 11.0. The normalized spacial score (nSPS) is 17.7. The summed E-state index contributed by atoms with van der Waals surface area (Å²) in [6, 6.07) is 8.68. The number of rotatable bonds is 4. The minimum atomic E-state index is -1.01. The first kappa shape index (κ1) is 13.4. The Labute approximate surface area is 122 Å². The number of carboxylic acids is 1. The molecule has 1 fully saturated rings. The minimum absolute atomic E-state index is 0.0611. The summed E-state index contributed by atoms with van der Waals surface area (Å²) in [7, 11) is 0. The maximum atomic E-state index is 11.0. The Balaban J connectivity index is 1.67. The molecule has 108 valence electrons. The largest absolute Gasteiger partial charge is 0.488 e. The van der Waals surface area contributed by atoms with Crippen molar-refractivity contribution in [2.75, 3.05) is 18.0 Å². The van der Waals surface area contributed by atoms with E-state index in [1.54, 1.807) is 18.5 Å². The Morgan fingerprint density at radius 2 is 2.10 bits per heavy atom. The second-order valence-electron chi connectivity index (χ2n) is 4.84. The van der Waals surface area contributed by atoms with Crippen molar-refractivity contribution >= 4 is 11.8 Å². The number of carbonyl (C=O) groups is 1. The molecule has 1 aliphatic rings. The van der Waals surface area contributed by atoms with E-state index >= 15 is 0 Å². The molecule has 3 rings (SSSR count). The number of ether oxygens (including phenoxy) is 1. The van der Waals surface area contributed by atoms with Crippen molar-refractivity contribution in [3.8, 4) is 5.75 Å². The van der Waals surface area contributed by atoms with Gasteiger partial charge in [0.05, 0.1) is 6.54 Å². The van der Waals surface area contributed by atoms with Gasteiger partial charge in [0.1, 0.15) is 17.7 Å². The van der Waals surface area contributed by atoms with Crippen molar-refractivity contribution in [1.29, 1.82) is 0 Å². The van der Waals surface area contributed by atoms with Crippen LogP contribution >= 0.6 is 0 Å². The molecule has 3 heterocycles. The lowest BCUT2D eigenvalue weighted by molar-refractivity contribution is 0.0690. The van der Waals surface area contributed by atoms with Crippen LogP contribution in [0.15, 0.2) is 42.7 Å². The molecule has 0 radical (unpaired) electrons. The summed E-state index contributed by atoms with van der Waals surface area (Å²) < 4.78 is 5.88. The van der Waals surface area contributed by atoms with Gasteiger partial charge in [0.2, 0.25) is 0 Å². The van der Waals surface area contributed by atoms with Crippen molar-refractivity contribution in [2.45, 2.75) is 12.5 Å². The first-order valence-corrected chi connectivity index (χ1v) is 6.74. The molecule has 0 aliphatic carbocycles. The van der Waals surface area contributed by atoms with Crippen LogP contribution in [-0.2, 0) is 0 Å². The van der Waals surface area contributed by atoms with Crippen molar-refractivity contribution in [1.82, 2.24) is 9.97 Å². The number of carboxylic acid groups (broad SMARTS) is 1. The van der Waals surface area contributed by atoms with E-state index in [1.807, 2.05) is 23.1 Å². The molecular formula is C15H15N3O3. The van der Waals surface area contributed by atoms with Crippen LogP contribution in [0.2, 0.25) is 0 Å². The number of nitrogens with zero attached hydrogens (tertiary/aromatic N) is 3. The molecule has 0 amide bonds. The Kier molecular flexibility index (Phi) is 3.68. The molecule has 1 aliphatic heterocycles. The van der Waals surface area contributed by atoms with Crippen molar-refractivity contribution in [2.24, 2.45) is 0 Å². The van der Waals surface area contributed by atoms with E-state index < -0.39 is 5.97 Å². The van der Waals surface area contributed by atoms with E-state index in [1.165, 1.54) is 6.07 Å². The van der Waals surface area contributed by atoms with Gasteiger partial charge in [0, 0.05) is 25.4 Å². The van der Waals surface area contributed by atoms with Crippen LogP contribution in [0.25, 0.3) is 0 Å². The molecule has 6 nitrogen and oxygen atoms in total. The highest BCUT2D eigenvalue weighted by atomic mass is 16.5. The molecule has 0 spiro atoms. The van der Waals surface area contributed by atoms with E-state index in [0.29, 0.717) is 12.4 Å². The summed E-state index contributed by atoms with van der Waals surface area (Å²) >= 11 is 0. The average molecular weight is 285 g/mol. The van der Waals surface area contributed by atoms with Gasteiger partial charge in [0.15, 0.2) is 5.69 Å². The summed E-state index contributed by atoms with van der Waals surface area (Å²) in [5.41, 5.74) is 0.0611. The molecule has 0 bridgehead atoms. The Morgan fingerprint density at radius 1 is 1.29 bits per heavy atom. The third-order valence-electron chi connectivity index (χ3n) is 3.38. The van der Waals surface area contributed by atoms with Crippen LogP contribution in [0.5, 0.6) is 5.75 Å². The second-order valence-corrected chi connectivity index (χ2v) is 4.84. The highest BCUT2D eigenvalue weighted by molar-refractivity contribution is 5.85.